The van der Waals surface area contributed by atoms with Crippen molar-refractivity contribution in [2.75, 3.05) is 13.1 Å². The Morgan fingerprint density at radius 3 is 2.34 bits per heavy atom. The normalized spacial score (nSPS) is 23.6. The quantitative estimate of drug-likeness (QED) is 0.670. The highest BCUT2D eigenvalue weighted by Crippen LogP contribution is 2.41. The average molecular weight is 440 g/mol. The molecular weight excluding hydrogens is 422 g/mol. The predicted molar refractivity (Wildman–Crippen MR) is 101 cm³/mol. The van der Waals surface area contributed by atoms with Gasteiger partial charge in [-0.3, -0.25) is 14.5 Å². The zero-order valence-electron chi connectivity index (χ0n) is 15.4. The first-order chi connectivity index (χ1) is 13.8. The molecule has 0 spiro atoms. The third kappa shape index (κ3) is 3.19. The monoisotopic (exact) mass is 440 g/mol. The van der Waals surface area contributed by atoms with E-state index in [1.54, 1.807) is 0 Å². The van der Waals surface area contributed by atoms with E-state index < -0.39 is 50.2 Å². The zero-order chi connectivity index (χ0) is 20.9. The summed E-state index contributed by atoms with van der Waals surface area (Å²) in [5.41, 5.74) is 0. The number of hydrogen-bond acceptors (Lipinski definition) is 5. The number of carbonyl (C=O) groups excluding carboxylic acids is 2. The van der Waals surface area contributed by atoms with Gasteiger partial charge in [-0.15, -0.1) is 11.3 Å². The van der Waals surface area contributed by atoms with Crippen LogP contribution in [0.3, 0.4) is 0 Å². The summed E-state index contributed by atoms with van der Waals surface area (Å²) in [6.07, 6.45) is 0.550. The topological polar surface area (TPSA) is 74.8 Å². The van der Waals surface area contributed by atoms with Crippen molar-refractivity contribution >= 4 is 33.2 Å². The molecule has 0 N–H and O–H groups in total. The lowest BCUT2D eigenvalue weighted by molar-refractivity contribution is -0.143. The van der Waals surface area contributed by atoms with Crippen molar-refractivity contribution < 1.29 is 26.8 Å². The number of benzene rings is 1. The molecule has 4 rings (SSSR count). The Hall–Kier alpha value is -2.17. The van der Waals surface area contributed by atoms with Crippen LogP contribution in [-0.4, -0.2) is 42.5 Å². The molecule has 0 radical (unpaired) electrons. The van der Waals surface area contributed by atoms with Crippen molar-refractivity contribution in [1.29, 1.82) is 0 Å². The van der Waals surface area contributed by atoms with Gasteiger partial charge >= 0.3 is 0 Å². The number of imide groups is 1. The van der Waals surface area contributed by atoms with Crippen molar-refractivity contribution in [2.45, 2.75) is 24.3 Å². The highest BCUT2D eigenvalue weighted by Gasteiger charge is 2.56. The Kier molecular flexibility index (Phi) is 5.04. The number of halogens is 2. The van der Waals surface area contributed by atoms with Crippen molar-refractivity contribution in [3.63, 3.8) is 0 Å². The van der Waals surface area contributed by atoms with E-state index in [1.807, 2.05) is 24.4 Å². The standard InChI is InChI=1S/C19H18F2N2O4S2/c1-2-15(16-4-3-7-28-16)23-18(24)12-9-22(10-13(12)19(23)25)29(26,27)17-8-11(20)5-6-14(17)21/h3-8,12-13,15H,2,9-10H2,1H3/t12-,13+,15?. The summed E-state index contributed by atoms with van der Waals surface area (Å²) in [7, 11) is -4.37. The molecule has 3 heterocycles. The van der Waals surface area contributed by atoms with Gasteiger partial charge in [-0.1, -0.05) is 13.0 Å². The fraction of sp³-hybridized carbons (Fsp3) is 0.368. The number of hydrogen-bond donors (Lipinski definition) is 0. The number of nitrogens with zero attached hydrogens (tertiary/aromatic N) is 2. The molecule has 10 heteroatoms. The first-order valence-corrected chi connectivity index (χ1v) is 11.4. The van der Waals surface area contributed by atoms with Crippen LogP contribution in [0.1, 0.15) is 24.3 Å². The fourth-order valence-corrected chi connectivity index (χ4v) is 6.51. The Labute approximate surface area is 170 Å². The molecule has 0 bridgehead atoms. The van der Waals surface area contributed by atoms with Gasteiger partial charge in [0.15, 0.2) is 0 Å². The average Bonchev–Trinajstić information content (AvgIpc) is 3.40. The summed E-state index contributed by atoms with van der Waals surface area (Å²) < 4.78 is 54.0. The summed E-state index contributed by atoms with van der Waals surface area (Å²) in [5, 5.41) is 1.87. The molecule has 2 fully saturated rings. The van der Waals surface area contributed by atoms with E-state index in [0.29, 0.717) is 12.5 Å². The minimum absolute atomic E-state index is 0.231. The number of rotatable bonds is 5. The molecule has 0 saturated carbocycles. The zero-order valence-corrected chi connectivity index (χ0v) is 17.1. The van der Waals surface area contributed by atoms with Crippen LogP contribution >= 0.6 is 11.3 Å². The van der Waals surface area contributed by atoms with Crippen molar-refractivity contribution in [3.05, 3.63) is 52.2 Å². The van der Waals surface area contributed by atoms with Crippen molar-refractivity contribution in [3.8, 4) is 0 Å². The molecule has 2 aliphatic heterocycles. The van der Waals surface area contributed by atoms with E-state index in [0.717, 1.165) is 21.3 Å². The Morgan fingerprint density at radius 2 is 1.79 bits per heavy atom. The van der Waals surface area contributed by atoms with Crippen LogP contribution in [0, 0.1) is 23.5 Å². The van der Waals surface area contributed by atoms with Crippen LogP contribution in [0.2, 0.25) is 0 Å². The first-order valence-electron chi connectivity index (χ1n) is 9.11. The predicted octanol–water partition coefficient (Wildman–Crippen LogP) is 2.78. The van der Waals surface area contributed by atoms with Crippen LogP contribution in [0.4, 0.5) is 8.78 Å². The molecule has 2 aliphatic rings. The number of carbonyl (C=O) groups is 2. The van der Waals surface area contributed by atoms with Crippen LogP contribution in [0.5, 0.6) is 0 Å². The molecule has 2 amide bonds. The molecule has 2 aromatic rings. The molecule has 6 nitrogen and oxygen atoms in total. The minimum atomic E-state index is -4.37. The summed E-state index contributed by atoms with van der Waals surface area (Å²) in [5.74, 6) is -4.43. The van der Waals surface area contributed by atoms with E-state index in [1.165, 1.54) is 16.2 Å². The van der Waals surface area contributed by atoms with Gasteiger partial charge in [0, 0.05) is 18.0 Å². The van der Waals surface area contributed by atoms with Gasteiger partial charge in [-0.25, -0.2) is 17.2 Å². The molecular formula is C19H18F2N2O4S2. The highest BCUT2D eigenvalue weighted by molar-refractivity contribution is 7.89. The van der Waals surface area contributed by atoms with Crippen LogP contribution in [0.25, 0.3) is 0 Å². The van der Waals surface area contributed by atoms with Gasteiger partial charge in [0.25, 0.3) is 0 Å². The number of sulfonamides is 1. The third-order valence-corrected chi connectivity index (χ3v) is 8.30. The lowest BCUT2D eigenvalue weighted by Gasteiger charge is -2.26. The molecule has 1 unspecified atom stereocenters. The highest BCUT2D eigenvalue weighted by atomic mass is 32.2. The van der Waals surface area contributed by atoms with Gasteiger partial charge in [0.1, 0.15) is 16.5 Å². The second-order valence-corrected chi connectivity index (χ2v) is 9.98. The molecule has 3 atom stereocenters. The van der Waals surface area contributed by atoms with E-state index in [-0.39, 0.29) is 19.1 Å². The molecule has 1 aromatic heterocycles. The van der Waals surface area contributed by atoms with Gasteiger partial charge < -0.3 is 0 Å². The molecule has 0 aliphatic carbocycles. The van der Waals surface area contributed by atoms with Gasteiger partial charge in [-0.05, 0) is 36.1 Å². The molecule has 154 valence electrons. The number of thiophene rings is 1. The van der Waals surface area contributed by atoms with Crippen molar-refractivity contribution in [1.82, 2.24) is 9.21 Å². The lowest BCUT2D eigenvalue weighted by atomic mass is 10.00. The maximum Gasteiger partial charge on any atom is 0.246 e. The Balaban J connectivity index is 1.60. The van der Waals surface area contributed by atoms with Crippen LogP contribution < -0.4 is 0 Å². The SMILES string of the molecule is CCC(c1cccs1)N1C(=O)[C@H]2CN(S(=O)(=O)c3cc(F)ccc3F)C[C@H]2C1=O. The second-order valence-electron chi connectivity index (χ2n) is 7.10. The van der Waals surface area contributed by atoms with Gasteiger partial charge in [-0.2, -0.15) is 4.31 Å². The lowest BCUT2D eigenvalue weighted by Crippen LogP contribution is -2.40. The Bertz CT molecular complexity index is 1050. The molecule has 1 aromatic carbocycles. The van der Waals surface area contributed by atoms with Crippen LogP contribution in [0.15, 0.2) is 40.6 Å². The number of fused-ring (bicyclic) bond motifs is 1. The van der Waals surface area contributed by atoms with E-state index in [9.17, 15) is 26.8 Å². The second kappa shape index (κ2) is 7.26. The van der Waals surface area contributed by atoms with Crippen LogP contribution in [-0.2, 0) is 19.6 Å². The molecule has 2 saturated heterocycles. The van der Waals surface area contributed by atoms with Crippen molar-refractivity contribution in [2.24, 2.45) is 11.8 Å². The van der Waals surface area contributed by atoms with E-state index in [4.69, 9.17) is 0 Å². The largest absolute Gasteiger partial charge is 0.274 e. The summed E-state index contributed by atoms with van der Waals surface area (Å²) >= 11 is 1.45. The summed E-state index contributed by atoms with van der Waals surface area (Å²) in [6, 6.07) is 5.50. The van der Waals surface area contributed by atoms with E-state index in [2.05, 4.69) is 0 Å². The summed E-state index contributed by atoms with van der Waals surface area (Å²) in [4.78, 5) is 27.3. The van der Waals surface area contributed by atoms with Gasteiger partial charge in [0.2, 0.25) is 21.8 Å². The van der Waals surface area contributed by atoms with E-state index >= 15 is 0 Å². The molecule has 29 heavy (non-hydrogen) atoms. The maximum atomic E-state index is 14.0. The number of likely N-dealkylation sites (tertiary alicyclic amines) is 1. The minimum Gasteiger partial charge on any atom is -0.274 e. The first kappa shape index (κ1) is 20.1. The fourth-order valence-electron chi connectivity index (χ4n) is 4.04. The summed E-state index contributed by atoms with van der Waals surface area (Å²) in [6.45, 7) is 1.42. The maximum absolute atomic E-state index is 14.0. The van der Waals surface area contributed by atoms with Gasteiger partial charge in [0.05, 0.1) is 17.9 Å². The smallest absolute Gasteiger partial charge is 0.246 e. The third-order valence-electron chi connectivity index (χ3n) is 5.48. The Morgan fingerprint density at radius 1 is 1.14 bits per heavy atom. The number of amides is 2.